The molecule has 4 nitrogen and oxygen atoms in total. The number of anilines is 1. The Bertz CT molecular complexity index is 715. The van der Waals surface area contributed by atoms with E-state index in [2.05, 4.69) is 26.2 Å². The van der Waals surface area contributed by atoms with E-state index in [4.69, 9.17) is 11.6 Å². The van der Waals surface area contributed by atoms with Gasteiger partial charge in [-0.2, -0.15) is 0 Å². The third kappa shape index (κ3) is 4.28. The van der Waals surface area contributed by atoms with Gasteiger partial charge in [0, 0.05) is 30.3 Å². The van der Waals surface area contributed by atoms with Crippen molar-refractivity contribution in [3.05, 3.63) is 57.2 Å². The number of hydrogen-bond acceptors (Lipinski definition) is 3. The minimum absolute atomic E-state index is 0.0172. The average molecular weight is 409 g/mol. The van der Waals surface area contributed by atoms with Crippen molar-refractivity contribution in [1.29, 1.82) is 0 Å². The number of hydrogen-bond donors (Lipinski definition) is 1. The number of nitrogens with zero attached hydrogens (tertiary/aromatic N) is 2. The van der Waals surface area contributed by atoms with E-state index in [9.17, 15) is 4.79 Å². The molecule has 0 unspecified atom stereocenters. The van der Waals surface area contributed by atoms with Crippen LogP contribution in [0.1, 0.15) is 35.2 Å². The number of piperidine rings is 1. The highest BCUT2D eigenvalue weighted by Crippen LogP contribution is 2.23. The molecule has 0 aliphatic carbocycles. The number of benzene rings is 1. The van der Waals surface area contributed by atoms with Gasteiger partial charge in [0.25, 0.3) is 5.91 Å². The number of aromatic nitrogens is 1. The van der Waals surface area contributed by atoms with Gasteiger partial charge in [0.15, 0.2) is 0 Å². The molecule has 0 atom stereocenters. The molecule has 1 fully saturated rings. The summed E-state index contributed by atoms with van der Waals surface area (Å²) < 4.78 is 1.04. The first-order valence-electron chi connectivity index (χ1n) is 8.06. The van der Waals surface area contributed by atoms with Gasteiger partial charge in [-0.3, -0.25) is 4.79 Å². The second-order valence-electron chi connectivity index (χ2n) is 5.89. The molecular formula is C18H19BrClN3O. The number of halogens is 2. The van der Waals surface area contributed by atoms with Gasteiger partial charge in [0.1, 0.15) is 5.82 Å². The van der Waals surface area contributed by atoms with E-state index < -0.39 is 0 Å². The number of carbonyl (C=O) groups excluding carboxylic acids is 1. The van der Waals surface area contributed by atoms with E-state index in [1.54, 1.807) is 12.3 Å². The van der Waals surface area contributed by atoms with Crippen LogP contribution in [0.4, 0.5) is 5.82 Å². The summed E-state index contributed by atoms with van der Waals surface area (Å²) in [6, 6.07) is 9.74. The molecule has 1 aliphatic heterocycles. The lowest BCUT2D eigenvalue weighted by atomic mass is 10.1. The van der Waals surface area contributed by atoms with Crippen LogP contribution in [0.25, 0.3) is 0 Å². The first-order valence-corrected chi connectivity index (χ1v) is 9.24. The highest BCUT2D eigenvalue weighted by atomic mass is 79.9. The van der Waals surface area contributed by atoms with Crippen LogP contribution in [0.15, 0.2) is 41.0 Å². The highest BCUT2D eigenvalue weighted by molar-refractivity contribution is 9.10. The number of carbonyl (C=O) groups is 1. The maximum Gasteiger partial charge on any atom is 0.255 e. The molecule has 1 amide bonds. The molecule has 126 valence electrons. The number of pyridine rings is 1. The lowest BCUT2D eigenvalue weighted by Gasteiger charge is -2.26. The van der Waals surface area contributed by atoms with Crippen LogP contribution < -0.4 is 5.32 Å². The molecule has 0 spiro atoms. The summed E-state index contributed by atoms with van der Waals surface area (Å²) in [4.78, 5) is 18.7. The van der Waals surface area contributed by atoms with E-state index in [1.807, 2.05) is 29.2 Å². The zero-order valence-corrected chi connectivity index (χ0v) is 15.6. The zero-order valence-electron chi connectivity index (χ0n) is 13.3. The SMILES string of the molecule is O=C(c1cnc(NCc2ccc(Br)cc2)c(Cl)c1)N1CCCCC1. The van der Waals surface area contributed by atoms with Crippen LogP contribution in [-0.2, 0) is 6.54 Å². The minimum atomic E-state index is 0.0172. The van der Waals surface area contributed by atoms with Gasteiger partial charge < -0.3 is 10.2 Å². The fourth-order valence-corrected chi connectivity index (χ4v) is 3.25. The Labute approximate surface area is 155 Å². The van der Waals surface area contributed by atoms with Gasteiger partial charge in [-0.1, -0.05) is 39.7 Å². The Morgan fingerprint density at radius 2 is 1.92 bits per heavy atom. The molecule has 1 aromatic heterocycles. The Kier molecular flexibility index (Phi) is 5.74. The second-order valence-corrected chi connectivity index (χ2v) is 7.21. The molecule has 0 radical (unpaired) electrons. The van der Waals surface area contributed by atoms with Crippen LogP contribution >= 0.6 is 27.5 Å². The van der Waals surface area contributed by atoms with Crippen molar-refractivity contribution in [2.75, 3.05) is 18.4 Å². The maximum absolute atomic E-state index is 12.5. The summed E-state index contributed by atoms with van der Waals surface area (Å²) in [5, 5.41) is 3.68. The molecule has 1 N–H and O–H groups in total. The molecule has 1 aromatic carbocycles. The van der Waals surface area contributed by atoms with Gasteiger partial charge in [-0.05, 0) is 43.0 Å². The predicted octanol–water partition coefficient (Wildman–Crippen LogP) is 4.74. The Hall–Kier alpha value is -1.59. The fraction of sp³-hybridized carbons (Fsp3) is 0.333. The average Bonchev–Trinajstić information content (AvgIpc) is 2.62. The number of likely N-dealkylation sites (tertiary alicyclic amines) is 1. The van der Waals surface area contributed by atoms with Crippen molar-refractivity contribution in [3.63, 3.8) is 0 Å². The van der Waals surface area contributed by atoms with Crippen molar-refractivity contribution < 1.29 is 4.79 Å². The van der Waals surface area contributed by atoms with E-state index in [0.717, 1.165) is 36.0 Å². The number of amides is 1. The molecular weight excluding hydrogens is 390 g/mol. The Morgan fingerprint density at radius 3 is 2.58 bits per heavy atom. The molecule has 2 heterocycles. The molecule has 6 heteroatoms. The van der Waals surface area contributed by atoms with Crippen molar-refractivity contribution >= 4 is 39.3 Å². The molecule has 2 aromatic rings. The van der Waals surface area contributed by atoms with Crippen LogP contribution in [0, 0.1) is 0 Å². The standard InChI is InChI=1S/C18H19BrClN3O/c19-15-6-4-13(5-7-15)11-21-17-16(20)10-14(12-22-17)18(24)23-8-2-1-3-9-23/h4-7,10,12H,1-3,8-9,11H2,(H,21,22). The normalized spacial score (nSPS) is 14.5. The number of rotatable bonds is 4. The Morgan fingerprint density at radius 1 is 1.21 bits per heavy atom. The number of nitrogens with one attached hydrogen (secondary N) is 1. The molecule has 24 heavy (non-hydrogen) atoms. The summed E-state index contributed by atoms with van der Waals surface area (Å²) in [5.41, 5.74) is 1.68. The van der Waals surface area contributed by atoms with Gasteiger partial charge in [0.05, 0.1) is 10.6 Å². The summed E-state index contributed by atoms with van der Waals surface area (Å²) >= 11 is 9.72. The van der Waals surface area contributed by atoms with Crippen LogP contribution in [0.2, 0.25) is 5.02 Å². The Balaban J connectivity index is 1.65. The topological polar surface area (TPSA) is 45.2 Å². The van der Waals surface area contributed by atoms with E-state index in [-0.39, 0.29) is 5.91 Å². The van der Waals surface area contributed by atoms with Gasteiger partial charge in [-0.25, -0.2) is 4.98 Å². The first-order chi connectivity index (χ1) is 11.6. The van der Waals surface area contributed by atoms with E-state index in [1.165, 1.54) is 6.42 Å². The molecule has 1 aliphatic rings. The smallest absolute Gasteiger partial charge is 0.255 e. The van der Waals surface area contributed by atoms with Crippen molar-refractivity contribution in [2.24, 2.45) is 0 Å². The quantitative estimate of drug-likeness (QED) is 0.795. The summed E-state index contributed by atoms with van der Waals surface area (Å²) in [6.07, 6.45) is 4.94. The van der Waals surface area contributed by atoms with Crippen LogP contribution in [-0.4, -0.2) is 28.9 Å². The van der Waals surface area contributed by atoms with E-state index in [0.29, 0.717) is 22.9 Å². The van der Waals surface area contributed by atoms with Crippen molar-refractivity contribution in [2.45, 2.75) is 25.8 Å². The molecule has 0 saturated carbocycles. The first kappa shape index (κ1) is 17.2. The van der Waals surface area contributed by atoms with Crippen LogP contribution in [0.3, 0.4) is 0 Å². The fourth-order valence-electron chi connectivity index (χ4n) is 2.75. The lowest BCUT2D eigenvalue weighted by Crippen LogP contribution is -2.35. The summed E-state index contributed by atoms with van der Waals surface area (Å²) in [5.74, 6) is 0.610. The highest BCUT2D eigenvalue weighted by Gasteiger charge is 2.19. The van der Waals surface area contributed by atoms with Gasteiger partial charge in [0.2, 0.25) is 0 Å². The molecule has 1 saturated heterocycles. The van der Waals surface area contributed by atoms with Crippen molar-refractivity contribution in [1.82, 2.24) is 9.88 Å². The van der Waals surface area contributed by atoms with Crippen LogP contribution in [0.5, 0.6) is 0 Å². The maximum atomic E-state index is 12.5. The molecule has 3 rings (SSSR count). The monoisotopic (exact) mass is 407 g/mol. The van der Waals surface area contributed by atoms with Crippen molar-refractivity contribution in [3.8, 4) is 0 Å². The lowest BCUT2D eigenvalue weighted by molar-refractivity contribution is 0.0724. The van der Waals surface area contributed by atoms with Gasteiger partial charge >= 0.3 is 0 Å². The summed E-state index contributed by atoms with van der Waals surface area (Å²) in [6.45, 7) is 2.26. The van der Waals surface area contributed by atoms with Gasteiger partial charge in [-0.15, -0.1) is 0 Å². The largest absolute Gasteiger partial charge is 0.365 e. The zero-order chi connectivity index (χ0) is 16.9. The minimum Gasteiger partial charge on any atom is -0.365 e. The summed E-state index contributed by atoms with van der Waals surface area (Å²) in [7, 11) is 0. The third-order valence-electron chi connectivity index (χ3n) is 4.10. The predicted molar refractivity (Wildman–Crippen MR) is 100 cm³/mol. The van der Waals surface area contributed by atoms with E-state index >= 15 is 0 Å². The molecule has 0 bridgehead atoms. The second kappa shape index (κ2) is 7.99. The third-order valence-corrected chi connectivity index (χ3v) is 4.92.